The molecular formula is C31H36N2O5. The van der Waals surface area contributed by atoms with Gasteiger partial charge in [0, 0.05) is 37.5 Å². The number of carboxylic acid groups (broad SMARTS) is 1. The molecular weight excluding hydrogens is 480 g/mol. The Balaban J connectivity index is 1.57. The fraction of sp³-hybridized carbons (Fsp3) is 0.355. The number of carbonyl (C=O) groups is 2. The molecule has 0 aromatic heterocycles. The minimum atomic E-state index is -1.07. The van der Waals surface area contributed by atoms with Gasteiger partial charge in [-0.3, -0.25) is 9.69 Å². The molecule has 200 valence electrons. The lowest BCUT2D eigenvalue weighted by Gasteiger charge is -2.27. The standard InChI is InChI=1S/C31H36N2O5/c1-22(2)33-13-14-37-15-16-38-29-12-11-26(20-27(29)18-24-9-6-10-25(17-24)21-33)30(34)32-28(31(35)36)19-23-7-4-3-5-8-23/h3-12,17,20,22,28H,13-16,18-19,21H2,1-2H3,(H,32,34)(H,35,36). The summed E-state index contributed by atoms with van der Waals surface area (Å²) in [6, 6.07) is 22.4. The highest BCUT2D eigenvalue weighted by Gasteiger charge is 2.22. The zero-order valence-electron chi connectivity index (χ0n) is 22.1. The largest absolute Gasteiger partial charge is 0.491 e. The first-order valence-corrected chi connectivity index (χ1v) is 13.1. The van der Waals surface area contributed by atoms with Crippen molar-refractivity contribution in [1.82, 2.24) is 10.2 Å². The number of nitrogens with zero attached hydrogens (tertiary/aromatic N) is 1. The van der Waals surface area contributed by atoms with E-state index in [0.717, 1.165) is 29.8 Å². The first kappa shape index (κ1) is 27.4. The second kappa shape index (κ2) is 13.2. The summed E-state index contributed by atoms with van der Waals surface area (Å²) in [5.74, 6) is -0.813. The van der Waals surface area contributed by atoms with Crippen LogP contribution >= 0.6 is 0 Å². The molecule has 2 bridgehead atoms. The van der Waals surface area contributed by atoms with E-state index in [9.17, 15) is 14.7 Å². The highest BCUT2D eigenvalue weighted by atomic mass is 16.5. The van der Waals surface area contributed by atoms with Crippen LogP contribution in [0.3, 0.4) is 0 Å². The van der Waals surface area contributed by atoms with Crippen molar-refractivity contribution >= 4 is 11.9 Å². The summed E-state index contributed by atoms with van der Waals surface area (Å²) in [5.41, 5.74) is 4.44. The van der Waals surface area contributed by atoms with Crippen LogP contribution in [0.2, 0.25) is 0 Å². The predicted octanol–water partition coefficient (Wildman–Crippen LogP) is 4.32. The third-order valence-corrected chi connectivity index (χ3v) is 6.72. The molecule has 0 saturated heterocycles. The number of hydrogen-bond acceptors (Lipinski definition) is 5. The molecule has 3 aromatic carbocycles. The molecule has 1 heterocycles. The Kier molecular flexibility index (Phi) is 9.51. The van der Waals surface area contributed by atoms with Crippen molar-refractivity contribution in [2.75, 3.05) is 26.4 Å². The molecule has 7 nitrogen and oxygen atoms in total. The van der Waals surface area contributed by atoms with Gasteiger partial charge in [-0.25, -0.2) is 4.79 Å². The van der Waals surface area contributed by atoms with Gasteiger partial charge in [-0.05, 0) is 54.3 Å². The summed E-state index contributed by atoms with van der Waals surface area (Å²) in [7, 11) is 0. The number of benzene rings is 3. The van der Waals surface area contributed by atoms with Crippen LogP contribution in [0.4, 0.5) is 0 Å². The van der Waals surface area contributed by atoms with Gasteiger partial charge in [-0.2, -0.15) is 0 Å². The van der Waals surface area contributed by atoms with Crippen LogP contribution in [0.5, 0.6) is 5.75 Å². The van der Waals surface area contributed by atoms with Crippen molar-refractivity contribution in [1.29, 1.82) is 0 Å². The number of ether oxygens (including phenoxy) is 2. The van der Waals surface area contributed by atoms with Gasteiger partial charge in [-0.15, -0.1) is 0 Å². The quantitative estimate of drug-likeness (QED) is 0.507. The second-order valence-corrected chi connectivity index (χ2v) is 9.90. The average Bonchev–Trinajstić information content (AvgIpc) is 2.90. The van der Waals surface area contributed by atoms with Gasteiger partial charge < -0.3 is 19.9 Å². The monoisotopic (exact) mass is 516 g/mol. The maximum atomic E-state index is 13.1. The van der Waals surface area contributed by atoms with Crippen LogP contribution in [0.1, 0.15) is 46.5 Å². The van der Waals surface area contributed by atoms with E-state index in [2.05, 4.69) is 48.3 Å². The Morgan fingerprint density at radius 3 is 2.50 bits per heavy atom. The molecule has 1 amide bonds. The van der Waals surface area contributed by atoms with Gasteiger partial charge in [0.1, 0.15) is 18.4 Å². The van der Waals surface area contributed by atoms with Crippen LogP contribution < -0.4 is 10.1 Å². The minimum Gasteiger partial charge on any atom is -0.491 e. The van der Waals surface area contributed by atoms with Crippen molar-refractivity contribution in [3.8, 4) is 5.75 Å². The Morgan fingerprint density at radius 1 is 0.947 bits per heavy atom. The molecule has 7 heteroatoms. The Morgan fingerprint density at radius 2 is 1.74 bits per heavy atom. The van der Waals surface area contributed by atoms with Gasteiger partial charge in [-0.1, -0.05) is 54.6 Å². The molecule has 1 aliphatic heterocycles. The molecule has 38 heavy (non-hydrogen) atoms. The van der Waals surface area contributed by atoms with E-state index in [4.69, 9.17) is 9.47 Å². The smallest absolute Gasteiger partial charge is 0.326 e. The van der Waals surface area contributed by atoms with Crippen molar-refractivity contribution < 1.29 is 24.2 Å². The van der Waals surface area contributed by atoms with Crippen molar-refractivity contribution in [3.05, 3.63) is 101 Å². The van der Waals surface area contributed by atoms with Gasteiger partial charge in [0.2, 0.25) is 0 Å². The van der Waals surface area contributed by atoms with E-state index >= 15 is 0 Å². The molecule has 0 aliphatic carbocycles. The molecule has 1 aliphatic rings. The van der Waals surface area contributed by atoms with E-state index in [1.807, 2.05) is 30.3 Å². The lowest BCUT2D eigenvalue weighted by Crippen LogP contribution is -2.42. The third-order valence-electron chi connectivity index (χ3n) is 6.72. The SMILES string of the molecule is CC(C)N1CCOCCOc2ccc(C(=O)NC(Cc3ccccc3)C(=O)O)cc2Cc2cccc(c2)C1. The van der Waals surface area contributed by atoms with Crippen LogP contribution in [-0.4, -0.2) is 60.3 Å². The molecule has 3 aromatic rings. The van der Waals surface area contributed by atoms with Gasteiger partial charge in [0.25, 0.3) is 5.91 Å². The van der Waals surface area contributed by atoms with Crippen LogP contribution in [0.25, 0.3) is 0 Å². The molecule has 0 fully saturated rings. The highest BCUT2D eigenvalue weighted by molar-refractivity contribution is 5.97. The molecule has 0 spiro atoms. The summed E-state index contributed by atoms with van der Waals surface area (Å²) < 4.78 is 11.9. The van der Waals surface area contributed by atoms with Crippen molar-refractivity contribution in [3.63, 3.8) is 0 Å². The van der Waals surface area contributed by atoms with Gasteiger partial charge in [0.05, 0.1) is 13.2 Å². The number of rotatable bonds is 6. The van der Waals surface area contributed by atoms with Gasteiger partial charge in [0.15, 0.2) is 0 Å². The third kappa shape index (κ3) is 7.66. The van der Waals surface area contributed by atoms with Gasteiger partial charge >= 0.3 is 5.97 Å². The number of amides is 1. The molecule has 2 N–H and O–H groups in total. The highest BCUT2D eigenvalue weighted by Crippen LogP contribution is 2.25. The predicted molar refractivity (Wildman–Crippen MR) is 147 cm³/mol. The maximum Gasteiger partial charge on any atom is 0.326 e. The first-order valence-electron chi connectivity index (χ1n) is 13.1. The summed E-state index contributed by atoms with van der Waals surface area (Å²) in [5, 5.41) is 12.4. The zero-order valence-corrected chi connectivity index (χ0v) is 22.1. The fourth-order valence-corrected chi connectivity index (χ4v) is 4.60. The number of hydrogen-bond donors (Lipinski definition) is 2. The molecule has 0 radical (unpaired) electrons. The number of fused-ring (bicyclic) bond motifs is 3. The molecule has 1 atom stereocenters. The number of nitrogens with one attached hydrogen (secondary N) is 1. The topological polar surface area (TPSA) is 88.1 Å². The molecule has 1 unspecified atom stereocenters. The van der Waals surface area contributed by atoms with Crippen LogP contribution in [0, 0.1) is 0 Å². The van der Waals surface area contributed by atoms with E-state index in [-0.39, 0.29) is 6.42 Å². The van der Waals surface area contributed by atoms with E-state index < -0.39 is 17.9 Å². The number of aliphatic carboxylic acids is 1. The lowest BCUT2D eigenvalue weighted by atomic mass is 9.99. The van der Waals surface area contributed by atoms with Crippen LogP contribution in [-0.2, 0) is 28.9 Å². The van der Waals surface area contributed by atoms with E-state index in [1.165, 1.54) is 5.56 Å². The van der Waals surface area contributed by atoms with Crippen LogP contribution in [0.15, 0.2) is 72.8 Å². The fourth-order valence-electron chi connectivity index (χ4n) is 4.60. The van der Waals surface area contributed by atoms with E-state index in [0.29, 0.717) is 43.6 Å². The Bertz CT molecular complexity index is 1230. The van der Waals surface area contributed by atoms with Crippen molar-refractivity contribution in [2.24, 2.45) is 0 Å². The first-order chi connectivity index (χ1) is 18.4. The molecule has 0 saturated carbocycles. The zero-order chi connectivity index (χ0) is 26.9. The molecule has 4 rings (SSSR count). The Labute approximate surface area is 224 Å². The second-order valence-electron chi connectivity index (χ2n) is 9.90. The lowest BCUT2D eigenvalue weighted by molar-refractivity contribution is -0.139. The van der Waals surface area contributed by atoms with E-state index in [1.54, 1.807) is 18.2 Å². The summed E-state index contributed by atoms with van der Waals surface area (Å²) in [4.78, 5) is 27.4. The average molecular weight is 517 g/mol. The van der Waals surface area contributed by atoms with Crippen molar-refractivity contribution in [2.45, 2.75) is 45.3 Å². The normalized spacial score (nSPS) is 15.6. The maximum absolute atomic E-state index is 13.1. The number of carboxylic acids is 1. The summed E-state index contributed by atoms with van der Waals surface area (Å²) >= 11 is 0. The number of carbonyl (C=O) groups excluding carboxylic acids is 1. The minimum absolute atomic E-state index is 0.205. The Hall–Kier alpha value is -3.68. The summed E-state index contributed by atoms with van der Waals surface area (Å²) in [6.45, 7) is 7.55. The summed E-state index contributed by atoms with van der Waals surface area (Å²) in [6.07, 6.45) is 0.787.